The lowest BCUT2D eigenvalue weighted by molar-refractivity contribution is -0.114. The number of nitrogen functional groups attached to an aromatic ring is 1. The molecule has 1 saturated heterocycles. The zero-order chi connectivity index (χ0) is 27.5. The number of aromatic nitrogens is 9. The van der Waals surface area contributed by atoms with E-state index in [0.717, 1.165) is 47.0 Å². The van der Waals surface area contributed by atoms with Crippen molar-refractivity contribution in [3.05, 3.63) is 48.8 Å². The van der Waals surface area contributed by atoms with E-state index in [1.54, 1.807) is 16.6 Å². The van der Waals surface area contributed by atoms with Gasteiger partial charge in [-0.3, -0.25) is 4.79 Å². The highest BCUT2D eigenvalue weighted by Gasteiger charge is 2.16. The van der Waals surface area contributed by atoms with E-state index in [9.17, 15) is 4.79 Å². The predicted octanol–water partition coefficient (Wildman–Crippen LogP) is 3.14. The van der Waals surface area contributed by atoms with Crippen molar-refractivity contribution >= 4 is 67.3 Å². The number of ether oxygens (including phenoxy) is 1. The molecule has 0 atom stereocenters. The number of nitrogens with zero attached hydrogens (tertiary/aromatic N) is 9. The molecule has 1 fully saturated rings. The van der Waals surface area contributed by atoms with Crippen LogP contribution in [0.2, 0.25) is 0 Å². The summed E-state index contributed by atoms with van der Waals surface area (Å²) in [7, 11) is 0. The standard InChI is InChI=1S/C19H19N7O2S2.C5H5N5/c1-11(27)20-18-22-14-3-2-13(10-15(14)30-18)29-19-24-23-17-5-4-16(25-26(17)19)21-12-6-8-28-9-7-12;6-4-1-2-5-8-7-3-10(5)9-4/h2-5,10,12H,6-9H2,1H3,(H,21,25)(H,20,22,27);1-3H,(H2,6,9). The minimum Gasteiger partial charge on any atom is -0.382 e. The minimum atomic E-state index is -0.130. The second-order valence-corrected chi connectivity index (χ2v) is 10.9. The molecule has 0 bridgehead atoms. The number of carbonyl (C=O) groups excluding carboxylic acids is 1. The molecule has 0 spiro atoms. The smallest absolute Gasteiger partial charge is 0.223 e. The van der Waals surface area contributed by atoms with Crippen molar-refractivity contribution in [3.63, 3.8) is 0 Å². The third-order valence-electron chi connectivity index (χ3n) is 5.84. The second-order valence-electron chi connectivity index (χ2n) is 8.83. The molecule has 14 nitrogen and oxygen atoms in total. The number of carbonyl (C=O) groups is 1. The van der Waals surface area contributed by atoms with Crippen molar-refractivity contribution in [3.8, 4) is 0 Å². The molecule has 0 radical (unpaired) electrons. The number of fused-ring (bicyclic) bond motifs is 3. The topological polar surface area (TPSA) is 175 Å². The van der Waals surface area contributed by atoms with Gasteiger partial charge in [-0.25, -0.2) is 4.98 Å². The van der Waals surface area contributed by atoms with E-state index >= 15 is 0 Å². The molecule has 7 rings (SSSR count). The Morgan fingerprint density at radius 1 is 1.07 bits per heavy atom. The highest BCUT2D eigenvalue weighted by molar-refractivity contribution is 7.99. The average molecular weight is 577 g/mol. The quantitative estimate of drug-likeness (QED) is 0.274. The molecule has 5 aromatic heterocycles. The van der Waals surface area contributed by atoms with Gasteiger partial charge in [0, 0.05) is 31.1 Å². The second kappa shape index (κ2) is 11.4. The molecule has 1 aliphatic heterocycles. The van der Waals surface area contributed by atoms with Gasteiger partial charge < -0.3 is 21.1 Å². The molecule has 16 heteroatoms. The summed E-state index contributed by atoms with van der Waals surface area (Å²) in [5, 5.41) is 32.0. The van der Waals surface area contributed by atoms with E-state index in [-0.39, 0.29) is 5.91 Å². The largest absolute Gasteiger partial charge is 0.382 e. The first-order valence-electron chi connectivity index (χ1n) is 12.4. The van der Waals surface area contributed by atoms with E-state index in [1.165, 1.54) is 40.9 Å². The number of rotatable bonds is 5. The molecule has 1 amide bonds. The first-order chi connectivity index (χ1) is 19.5. The van der Waals surface area contributed by atoms with Crippen LogP contribution in [0.3, 0.4) is 0 Å². The molecule has 1 aromatic carbocycles. The Labute approximate surface area is 235 Å². The number of thiazole rings is 1. The van der Waals surface area contributed by atoms with Gasteiger partial charge in [-0.1, -0.05) is 11.3 Å². The maximum Gasteiger partial charge on any atom is 0.223 e. The van der Waals surface area contributed by atoms with Crippen molar-refractivity contribution < 1.29 is 9.53 Å². The highest BCUT2D eigenvalue weighted by Crippen LogP contribution is 2.33. The van der Waals surface area contributed by atoms with Crippen LogP contribution in [-0.2, 0) is 9.53 Å². The summed E-state index contributed by atoms with van der Waals surface area (Å²) in [6.45, 7) is 3.02. The van der Waals surface area contributed by atoms with Crippen LogP contribution in [-0.4, -0.2) is 69.8 Å². The Morgan fingerprint density at radius 3 is 2.77 bits per heavy atom. The van der Waals surface area contributed by atoms with Crippen LogP contribution in [0, 0.1) is 0 Å². The molecule has 1 aliphatic rings. The van der Waals surface area contributed by atoms with Gasteiger partial charge in [-0.05, 0) is 67.1 Å². The summed E-state index contributed by atoms with van der Waals surface area (Å²) in [5.41, 5.74) is 7.64. The lowest BCUT2D eigenvalue weighted by atomic mass is 10.1. The van der Waals surface area contributed by atoms with Crippen LogP contribution in [0.4, 0.5) is 16.8 Å². The monoisotopic (exact) mass is 576 g/mol. The fourth-order valence-electron chi connectivity index (χ4n) is 3.98. The summed E-state index contributed by atoms with van der Waals surface area (Å²) in [4.78, 5) is 16.7. The zero-order valence-electron chi connectivity index (χ0n) is 21.3. The Kier molecular flexibility index (Phi) is 7.35. The van der Waals surface area contributed by atoms with Crippen LogP contribution < -0.4 is 16.4 Å². The molecule has 4 N–H and O–H groups in total. The first kappa shape index (κ1) is 25.8. The van der Waals surface area contributed by atoms with E-state index in [1.807, 2.05) is 30.3 Å². The fourth-order valence-corrected chi connectivity index (χ4v) is 5.83. The Balaban J connectivity index is 0.000000242. The molecular formula is C24H24N12O2S2. The van der Waals surface area contributed by atoms with Gasteiger partial charge in [0.15, 0.2) is 16.4 Å². The highest BCUT2D eigenvalue weighted by atomic mass is 32.2. The van der Waals surface area contributed by atoms with Gasteiger partial charge in [0.05, 0.1) is 10.2 Å². The summed E-state index contributed by atoms with van der Waals surface area (Å²) in [5.74, 6) is 1.14. The molecule has 204 valence electrons. The third kappa shape index (κ3) is 5.93. The molecule has 0 aliphatic carbocycles. The van der Waals surface area contributed by atoms with E-state index in [0.29, 0.717) is 33.4 Å². The molecule has 6 heterocycles. The third-order valence-corrected chi connectivity index (χ3v) is 7.70. The van der Waals surface area contributed by atoms with Crippen LogP contribution in [0.1, 0.15) is 19.8 Å². The normalized spacial score (nSPS) is 13.8. The van der Waals surface area contributed by atoms with Gasteiger partial charge in [-0.2, -0.15) is 9.03 Å². The van der Waals surface area contributed by atoms with Crippen LogP contribution >= 0.6 is 23.1 Å². The van der Waals surface area contributed by atoms with Crippen LogP contribution in [0.15, 0.2) is 58.8 Å². The molecular weight excluding hydrogens is 552 g/mol. The minimum absolute atomic E-state index is 0.130. The molecule has 0 saturated carbocycles. The van der Waals surface area contributed by atoms with Crippen molar-refractivity contribution in [2.24, 2.45) is 0 Å². The number of hydrogen-bond acceptors (Lipinski definition) is 13. The van der Waals surface area contributed by atoms with Gasteiger partial charge in [0.1, 0.15) is 18.0 Å². The lowest BCUT2D eigenvalue weighted by Gasteiger charge is -2.23. The van der Waals surface area contributed by atoms with Gasteiger partial charge in [0.25, 0.3) is 0 Å². The summed E-state index contributed by atoms with van der Waals surface area (Å²) in [6.07, 6.45) is 3.45. The number of benzene rings is 1. The Hall–Kier alpha value is -4.41. The maximum absolute atomic E-state index is 11.3. The SMILES string of the molecule is CC(=O)Nc1nc2ccc(Sc3nnc4ccc(NC5CCOCC5)nn34)cc2s1.Nc1ccc2nncn2n1. The first-order valence-corrected chi connectivity index (χ1v) is 14.0. The number of hydrogen-bond donors (Lipinski definition) is 3. The van der Waals surface area contributed by atoms with Gasteiger partial charge in [0.2, 0.25) is 11.1 Å². The van der Waals surface area contributed by atoms with Crippen molar-refractivity contribution in [2.75, 3.05) is 29.6 Å². The molecule has 0 unspecified atom stereocenters. The van der Waals surface area contributed by atoms with E-state index < -0.39 is 0 Å². The number of anilines is 3. The van der Waals surface area contributed by atoms with Crippen molar-refractivity contribution in [1.29, 1.82) is 0 Å². The Morgan fingerprint density at radius 2 is 1.93 bits per heavy atom. The van der Waals surface area contributed by atoms with Crippen molar-refractivity contribution in [1.82, 2.24) is 44.6 Å². The van der Waals surface area contributed by atoms with Crippen LogP contribution in [0.25, 0.3) is 21.5 Å². The van der Waals surface area contributed by atoms with Gasteiger partial charge >= 0.3 is 0 Å². The maximum atomic E-state index is 11.3. The average Bonchev–Trinajstić information content (AvgIpc) is 3.67. The summed E-state index contributed by atoms with van der Waals surface area (Å²) < 4.78 is 9.69. The van der Waals surface area contributed by atoms with E-state index in [2.05, 4.69) is 46.2 Å². The Bertz CT molecular complexity index is 1790. The number of nitrogens with one attached hydrogen (secondary N) is 2. The zero-order valence-corrected chi connectivity index (χ0v) is 22.9. The van der Waals surface area contributed by atoms with Gasteiger partial charge in [-0.15, -0.1) is 30.6 Å². The van der Waals surface area contributed by atoms with Crippen molar-refractivity contribution in [2.45, 2.75) is 35.9 Å². The molecule has 6 aromatic rings. The number of amides is 1. The molecule has 40 heavy (non-hydrogen) atoms. The lowest BCUT2D eigenvalue weighted by Crippen LogP contribution is -2.28. The predicted molar refractivity (Wildman–Crippen MR) is 151 cm³/mol. The van der Waals surface area contributed by atoms with E-state index in [4.69, 9.17) is 10.5 Å². The summed E-state index contributed by atoms with van der Waals surface area (Å²) in [6, 6.07) is 13.6. The number of nitrogens with two attached hydrogens (primary N) is 1. The summed E-state index contributed by atoms with van der Waals surface area (Å²) >= 11 is 2.93. The van der Waals surface area contributed by atoms with Crippen LogP contribution in [0.5, 0.6) is 0 Å². The fraction of sp³-hybridized carbons (Fsp3) is 0.250.